The third-order valence-electron chi connectivity index (χ3n) is 3.65. The molecular formula is C17H16FNO. The Hall–Kier alpha value is -2.13. The molecule has 102 valence electrons. The molecule has 0 spiro atoms. The molecule has 0 aliphatic carbocycles. The number of aryl methyl sites for hydroxylation is 1. The summed E-state index contributed by atoms with van der Waals surface area (Å²) in [5.74, 6) is -0.214. The van der Waals surface area contributed by atoms with E-state index in [0.717, 1.165) is 27.7 Å². The van der Waals surface area contributed by atoms with Gasteiger partial charge in [-0.1, -0.05) is 24.3 Å². The lowest BCUT2D eigenvalue weighted by Crippen LogP contribution is -2.13. The highest BCUT2D eigenvalue weighted by Crippen LogP contribution is 2.27. The van der Waals surface area contributed by atoms with Gasteiger partial charge in [0.25, 0.3) is 0 Å². The second-order valence-electron chi connectivity index (χ2n) is 5.07. The molecule has 0 bridgehead atoms. The minimum absolute atomic E-state index is 0.164. The lowest BCUT2D eigenvalue weighted by molar-refractivity contribution is 0.598. The van der Waals surface area contributed by atoms with Crippen molar-refractivity contribution in [2.45, 2.75) is 19.4 Å². The smallest absolute Gasteiger partial charge is 0.134 e. The molecule has 1 heterocycles. The lowest BCUT2D eigenvalue weighted by Gasteiger charge is -2.12. The summed E-state index contributed by atoms with van der Waals surface area (Å²) in [5.41, 5.74) is 10.1. The molecule has 0 aliphatic rings. The Morgan fingerprint density at radius 2 is 2.00 bits per heavy atom. The number of benzene rings is 2. The molecule has 3 heteroatoms. The van der Waals surface area contributed by atoms with Crippen molar-refractivity contribution in [1.82, 2.24) is 0 Å². The Bertz CT molecular complexity index is 748. The number of rotatable bonds is 3. The number of para-hydroxylation sites is 1. The molecule has 3 aromatic rings. The maximum Gasteiger partial charge on any atom is 0.134 e. The zero-order valence-corrected chi connectivity index (χ0v) is 11.3. The van der Waals surface area contributed by atoms with E-state index in [0.29, 0.717) is 6.42 Å². The zero-order chi connectivity index (χ0) is 14.1. The fourth-order valence-corrected chi connectivity index (χ4v) is 2.52. The summed E-state index contributed by atoms with van der Waals surface area (Å²) in [7, 11) is 0. The number of furan rings is 1. The highest BCUT2D eigenvalue weighted by Gasteiger charge is 2.14. The number of hydrogen-bond acceptors (Lipinski definition) is 2. The van der Waals surface area contributed by atoms with Crippen molar-refractivity contribution in [2.24, 2.45) is 5.73 Å². The zero-order valence-electron chi connectivity index (χ0n) is 11.3. The molecule has 0 radical (unpaired) electrons. The van der Waals surface area contributed by atoms with Crippen LogP contribution in [-0.2, 0) is 6.42 Å². The van der Waals surface area contributed by atoms with E-state index < -0.39 is 0 Å². The van der Waals surface area contributed by atoms with Crippen LogP contribution in [0.2, 0.25) is 0 Å². The van der Waals surface area contributed by atoms with Crippen LogP contribution in [0.1, 0.15) is 22.7 Å². The van der Waals surface area contributed by atoms with Gasteiger partial charge in [0.05, 0.1) is 6.26 Å². The van der Waals surface area contributed by atoms with Crippen LogP contribution in [0.25, 0.3) is 11.0 Å². The average Bonchev–Trinajstić information content (AvgIpc) is 2.86. The van der Waals surface area contributed by atoms with Crippen molar-refractivity contribution in [2.75, 3.05) is 0 Å². The van der Waals surface area contributed by atoms with Gasteiger partial charge in [-0.2, -0.15) is 0 Å². The molecule has 1 atom stereocenters. The molecule has 3 rings (SSSR count). The molecule has 0 saturated heterocycles. The lowest BCUT2D eigenvalue weighted by atomic mass is 9.96. The van der Waals surface area contributed by atoms with Gasteiger partial charge in [-0.25, -0.2) is 4.39 Å². The summed E-state index contributed by atoms with van der Waals surface area (Å²) in [5, 5.41) is 1.04. The molecular weight excluding hydrogens is 253 g/mol. The van der Waals surface area contributed by atoms with E-state index in [4.69, 9.17) is 10.2 Å². The monoisotopic (exact) mass is 269 g/mol. The Morgan fingerprint density at radius 1 is 1.20 bits per heavy atom. The predicted octanol–water partition coefficient (Wildman–Crippen LogP) is 4.12. The molecule has 0 saturated carbocycles. The number of halogens is 1. The van der Waals surface area contributed by atoms with Gasteiger partial charge in [0.15, 0.2) is 0 Å². The van der Waals surface area contributed by atoms with Gasteiger partial charge in [-0.15, -0.1) is 0 Å². The van der Waals surface area contributed by atoms with Gasteiger partial charge in [-0.05, 0) is 42.7 Å². The van der Waals surface area contributed by atoms with E-state index in [1.165, 1.54) is 12.1 Å². The predicted molar refractivity (Wildman–Crippen MR) is 78.0 cm³/mol. The topological polar surface area (TPSA) is 39.2 Å². The summed E-state index contributed by atoms with van der Waals surface area (Å²) in [6, 6.07) is 12.5. The van der Waals surface area contributed by atoms with E-state index in [-0.39, 0.29) is 11.9 Å². The van der Waals surface area contributed by atoms with Crippen LogP contribution < -0.4 is 5.73 Å². The Morgan fingerprint density at radius 3 is 2.80 bits per heavy atom. The SMILES string of the molecule is Cc1cc(F)ccc1CC(N)c1coc2ccccc12. The fourth-order valence-electron chi connectivity index (χ4n) is 2.52. The molecule has 2 nitrogen and oxygen atoms in total. The molecule has 1 aromatic heterocycles. The van der Waals surface area contributed by atoms with Crippen LogP contribution in [0.4, 0.5) is 4.39 Å². The van der Waals surface area contributed by atoms with E-state index in [1.807, 2.05) is 31.2 Å². The number of fused-ring (bicyclic) bond motifs is 1. The van der Waals surface area contributed by atoms with Crippen LogP contribution in [-0.4, -0.2) is 0 Å². The van der Waals surface area contributed by atoms with Crippen molar-refractivity contribution in [1.29, 1.82) is 0 Å². The highest BCUT2D eigenvalue weighted by atomic mass is 19.1. The van der Waals surface area contributed by atoms with Crippen molar-refractivity contribution in [3.63, 3.8) is 0 Å². The van der Waals surface area contributed by atoms with Gasteiger partial charge in [0.2, 0.25) is 0 Å². The second-order valence-corrected chi connectivity index (χ2v) is 5.07. The summed E-state index contributed by atoms with van der Waals surface area (Å²) < 4.78 is 18.6. The van der Waals surface area contributed by atoms with Gasteiger partial charge in [0, 0.05) is 17.0 Å². The van der Waals surface area contributed by atoms with Crippen LogP contribution in [0.15, 0.2) is 53.1 Å². The molecule has 0 amide bonds. The van der Waals surface area contributed by atoms with Crippen molar-refractivity contribution >= 4 is 11.0 Å². The first kappa shape index (κ1) is 12.9. The van der Waals surface area contributed by atoms with Crippen molar-refractivity contribution in [3.8, 4) is 0 Å². The quantitative estimate of drug-likeness (QED) is 0.776. The van der Waals surface area contributed by atoms with Gasteiger partial charge >= 0.3 is 0 Å². The van der Waals surface area contributed by atoms with Crippen LogP contribution in [0.5, 0.6) is 0 Å². The maximum absolute atomic E-state index is 13.1. The van der Waals surface area contributed by atoms with E-state index in [2.05, 4.69) is 0 Å². The standard InChI is InChI=1S/C17H16FNO/c1-11-8-13(18)7-6-12(11)9-16(19)15-10-20-17-5-3-2-4-14(15)17/h2-8,10,16H,9,19H2,1H3. The summed E-state index contributed by atoms with van der Waals surface area (Å²) in [6.07, 6.45) is 2.38. The number of hydrogen-bond donors (Lipinski definition) is 1. The summed E-state index contributed by atoms with van der Waals surface area (Å²) in [4.78, 5) is 0. The summed E-state index contributed by atoms with van der Waals surface area (Å²) in [6.45, 7) is 1.90. The minimum atomic E-state index is -0.214. The van der Waals surface area contributed by atoms with E-state index in [9.17, 15) is 4.39 Å². The summed E-state index contributed by atoms with van der Waals surface area (Å²) >= 11 is 0. The molecule has 2 N–H and O–H groups in total. The van der Waals surface area contributed by atoms with Crippen LogP contribution in [0, 0.1) is 12.7 Å². The van der Waals surface area contributed by atoms with Gasteiger partial charge in [-0.3, -0.25) is 0 Å². The Balaban J connectivity index is 1.91. The second kappa shape index (κ2) is 5.10. The first-order valence-corrected chi connectivity index (χ1v) is 6.62. The van der Waals surface area contributed by atoms with Gasteiger partial charge in [0.1, 0.15) is 11.4 Å². The Labute approximate surface area is 117 Å². The van der Waals surface area contributed by atoms with Crippen molar-refractivity contribution < 1.29 is 8.81 Å². The molecule has 2 aromatic carbocycles. The van der Waals surface area contributed by atoms with Gasteiger partial charge < -0.3 is 10.2 Å². The van der Waals surface area contributed by atoms with Crippen LogP contribution in [0.3, 0.4) is 0 Å². The van der Waals surface area contributed by atoms with Crippen LogP contribution >= 0.6 is 0 Å². The molecule has 20 heavy (non-hydrogen) atoms. The molecule has 1 unspecified atom stereocenters. The average molecular weight is 269 g/mol. The third-order valence-corrected chi connectivity index (χ3v) is 3.65. The minimum Gasteiger partial charge on any atom is -0.464 e. The molecule has 0 fully saturated rings. The van der Waals surface area contributed by atoms with E-state index in [1.54, 1.807) is 12.3 Å². The highest BCUT2D eigenvalue weighted by molar-refractivity contribution is 5.81. The first-order valence-electron chi connectivity index (χ1n) is 6.62. The number of nitrogens with two attached hydrogens (primary N) is 1. The fraction of sp³-hybridized carbons (Fsp3) is 0.176. The van der Waals surface area contributed by atoms with Crippen molar-refractivity contribution in [3.05, 3.63) is 71.2 Å². The first-order chi connectivity index (χ1) is 9.65. The molecule has 0 aliphatic heterocycles. The third kappa shape index (κ3) is 2.32. The Kier molecular flexibility index (Phi) is 3.28. The normalized spacial score (nSPS) is 12.8. The van der Waals surface area contributed by atoms with E-state index >= 15 is 0 Å². The largest absolute Gasteiger partial charge is 0.464 e. The maximum atomic E-state index is 13.1.